The number of nitrogens with zero attached hydrogens (tertiary/aromatic N) is 3. The highest BCUT2D eigenvalue weighted by atomic mass is 16.2. The van der Waals surface area contributed by atoms with E-state index in [1.165, 1.54) is 0 Å². The van der Waals surface area contributed by atoms with Gasteiger partial charge in [0.1, 0.15) is 0 Å². The van der Waals surface area contributed by atoms with E-state index in [0.29, 0.717) is 19.1 Å². The molecule has 1 aromatic carbocycles. The van der Waals surface area contributed by atoms with Crippen molar-refractivity contribution in [3.05, 3.63) is 59.9 Å². The Kier molecular flexibility index (Phi) is 5.31. The molecule has 1 aromatic heterocycles. The smallest absolute Gasteiger partial charge is 0.318 e. The number of amides is 2. The zero-order valence-electron chi connectivity index (χ0n) is 14.1. The summed E-state index contributed by atoms with van der Waals surface area (Å²) in [5, 5.41) is 7.23. The van der Waals surface area contributed by atoms with Gasteiger partial charge in [0.15, 0.2) is 0 Å². The SMILES string of the molecule is CCn1cc(CNC(=O)N(CC=Cc2ccccc2)C2CC2)cn1. The molecule has 1 N–H and O–H groups in total. The van der Waals surface area contributed by atoms with Crippen LogP contribution in [0.5, 0.6) is 0 Å². The predicted octanol–water partition coefficient (Wildman–Crippen LogP) is 3.29. The van der Waals surface area contributed by atoms with Crippen molar-refractivity contribution in [1.29, 1.82) is 0 Å². The third kappa shape index (κ3) is 4.47. The molecule has 0 radical (unpaired) electrons. The van der Waals surface area contributed by atoms with E-state index in [4.69, 9.17) is 0 Å². The Bertz CT molecular complexity index is 688. The number of rotatable bonds is 7. The molecule has 0 saturated heterocycles. The molecule has 5 heteroatoms. The number of benzene rings is 1. The van der Waals surface area contributed by atoms with Crippen LogP contribution in [0.3, 0.4) is 0 Å². The number of carbonyl (C=O) groups excluding carboxylic acids is 1. The highest BCUT2D eigenvalue weighted by molar-refractivity contribution is 5.75. The Morgan fingerprint density at radius 3 is 2.83 bits per heavy atom. The number of aryl methyl sites for hydroxylation is 1. The van der Waals surface area contributed by atoms with Crippen LogP contribution in [-0.4, -0.2) is 33.3 Å². The first-order valence-electron chi connectivity index (χ1n) is 8.53. The van der Waals surface area contributed by atoms with Crippen LogP contribution in [0.25, 0.3) is 6.08 Å². The van der Waals surface area contributed by atoms with Crippen LogP contribution in [0.15, 0.2) is 48.8 Å². The second-order valence-electron chi connectivity index (χ2n) is 6.06. The minimum Gasteiger partial charge on any atom is -0.334 e. The topological polar surface area (TPSA) is 50.2 Å². The Hall–Kier alpha value is -2.56. The average Bonchev–Trinajstić information content (AvgIpc) is 3.35. The summed E-state index contributed by atoms with van der Waals surface area (Å²) >= 11 is 0. The zero-order chi connectivity index (χ0) is 16.8. The average molecular weight is 324 g/mol. The molecule has 0 spiro atoms. The van der Waals surface area contributed by atoms with E-state index in [1.54, 1.807) is 6.20 Å². The van der Waals surface area contributed by atoms with Crippen molar-refractivity contribution in [3.63, 3.8) is 0 Å². The quantitative estimate of drug-likeness (QED) is 0.849. The number of carbonyl (C=O) groups is 1. The molecule has 1 fully saturated rings. The number of urea groups is 1. The number of hydrogen-bond donors (Lipinski definition) is 1. The van der Waals surface area contributed by atoms with Crippen LogP contribution in [0, 0.1) is 0 Å². The third-order valence-corrected chi connectivity index (χ3v) is 4.11. The van der Waals surface area contributed by atoms with Crippen LogP contribution >= 0.6 is 0 Å². The van der Waals surface area contributed by atoms with Crippen molar-refractivity contribution in [2.45, 2.75) is 38.9 Å². The molecule has 0 aliphatic heterocycles. The van der Waals surface area contributed by atoms with Gasteiger partial charge in [-0.2, -0.15) is 5.10 Å². The maximum atomic E-state index is 12.5. The van der Waals surface area contributed by atoms with Gasteiger partial charge in [0.25, 0.3) is 0 Å². The fourth-order valence-corrected chi connectivity index (χ4v) is 2.60. The molecule has 24 heavy (non-hydrogen) atoms. The van der Waals surface area contributed by atoms with Gasteiger partial charge in [0, 0.05) is 37.4 Å². The molecule has 5 nitrogen and oxygen atoms in total. The summed E-state index contributed by atoms with van der Waals surface area (Å²) in [4.78, 5) is 14.4. The normalized spacial score (nSPS) is 14.0. The van der Waals surface area contributed by atoms with E-state index in [1.807, 2.05) is 40.9 Å². The first kappa shape index (κ1) is 16.3. The number of nitrogens with one attached hydrogen (secondary N) is 1. The zero-order valence-corrected chi connectivity index (χ0v) is 14.1. The van der Waals surface area contributed by atoms with E-state index >= 15 is 0 Å². The lowest BCUT2D eigenvalue weighted by atomic mass is 10.2. The third-order valence-electron chi connectivity index (χ3n) is 4.11. The molecule has 2 aromatic rings. The fourth-order valence-electron chi connectivity index (χ4n) is 2.60. The molecule has 1 heterocycles. The van der Waals surface area contributed by atoms with Gasteiger partial charge < -0.3 is 10.2 Å². The number of aromatic nitrogens is 2. The molecular weight excluding hydrogens is 300 g/mol. The largest absolute Gasteiger partial charge is 0.334 e. The Morgan fingerprint density at radius 1 is 1.38 bits per heavy atom. The van der Waals surface area contributed by atoms with Gasteiger partial charge in [-0.05, 0) is 25.3 Å². The van der Waals surface area contributed by atoms with Crippen molar-refractivity contribution >= 4 is 12.1 Å². The van der Waals surface area contributed by atoms with Gasteiger partial charge in [-0.25, -0.2) is 4.79 Å². The molecule has 0 unspecified atom stereocenters. The maximum Gasteiger partial charge on any atom is 0.318 e. The summed E-state index contributed by atoms with van der Waals surface area (Å²) in [6.45, 7) is 4.04. The number of hydrogen-bond acceptors (Lipinski definition) is 2. The van der Waals surface area contributed by atoms with Crippen molar-refractivity contribution in [2.24, 2.45) is 0 Å². The van der Waals surface area contributed by atoms with Crippen molar-refractivity contribution < 1.29 is 4.79 Å². The van der Waals surface area contributed by atoms with Gasteiger partial charge in [-0.15, -0.1) is 0 Å². The monoisotopic (exact) mass is 324 g/mol. The van der Waals surface area contributed by atoms with Crippen molar-refractivity contribution in [3.8, 4) is 0 Å². The first-order valence-corrected chi connectivity index (χ1v) is 8.53. The summed E-state index contributed by atoms with van der Waals surface area (Å²) in [6, 6.07) is 10.5. The molecule has 1 aliphatic carbocycles. The summed E-state index contributed by atoms with van der Waals surface area (Å²) < 4.78 is 1.86. The van der Waals surface area contributed by atoms with Crippen LogP contribution in [0.1, 0.15) is 30.9 Å². The van der Waals surface area contributed by atoms with E-state index < -0.39 is 0 Å². The molecule has 126 valence electrons. The van der Waals surface area contributed by atoms with E-state index in [-0.39, 0.29) is 6.03 Å². The molecule has 1 saturated carbocycles. The minimum atomic E-state index is -0.000500. The van der Waals surface area contributed by atoms with Gasteiger partial charge in [0.05, 0.1) is 6.20 Å². The first-order chi connectivity index (χ1) is 11.8. The second-order valence-corrected chi connectivity index (χ2v) is 6.06. The highest BCUT2D eigenvalue weighted by Gasteiger charge is 2.31. The maximum absolute atomic E-state index is 12.5. The Balaban J connectivity index is 1.52. The van der Waals surface area contributed by atoms with Crippen LogP contribution in [-0.2, 0) is 13.1 Å². The molecule has 0 bridgehead atoms. The fraction of sp³-hybridized carbons (Fsp3) is 0.368. The van der Waals surface area contributed by atoms with Gasteiger partial charge in [0.2, 0.25) is 0 Å². The second kappa shape index (κ2) is 7.81. The van der Waals surface area contributed by atoms with E-state index in [0.717, 1.165) is 30.5 Å². The van der Waals surface area contributed by atoms with Crippen molar-refractivity contribution in [2.75, 3.05) is 6.54 Å². The van der Waals surface area contributed by atoms with Crippen LogP contribution in [0.4, 0.5) is 4.79 Å². The van der Waals surface area contributed by atoms with E-state index in [9.17, 15) is 4.79 Å². The highest BCUT2D eigenvalue weighted by Crippen LogP contribution is 2.26. The Labute approximate surface area is 143 Å². The lowest BCUT2D eigenvalue weighted by Gasteiger charge is -2.21. The van der Waals surface area contributed by atoms with Crippen LogP contribution in [0.2, 0.25) is 0 Å². The molecule has 3 rings (SSSR count). The van der Waals surface area contributed by atoms with Crippen LogP contribution < -0.4 is 5.32 Å². The van der Waals surface area contributed by atoms with Gasteiger partial charge >= 0.3 is 6.03 Å². The summed E-state index contributed by atoms with van der Waals surface area (Å²) in [7, 11) is 0. The Morgan fingerprint density at radius 2 is 2.17 bits per heavy atom. The van der Waals surface area contributed by atoms with Gasteiger partial charge in [-0.1, -0.05) is 42.5 Å². The molecule has 0 atom stereocenters. The lowest BCUT2D eigenvalue weighted by molar-refractivity contribution is 0.200. The van der Waals surface area contributed by atoms with E-state index in [2.05, 4.69) is 34.7 Å². The summed E-state index contributed by atoms with van der Waals surface area (Å²) in [5.41, 5.74) is 2.18. The lowest BCUT2D eigenvalue weighted by Crippen LogP contribution is -2.41. The minimum absolute atomic E-state index is 0.000500. The molecular formula is C19H24N4O. The molecule has 2 amide bonds. The van der Waals surface area contributed by atoms with Gasteiger partial charge in [-0.3, -0.25) is 4.68 Å². The van der Waals surface area contributed by atoms with Crippen molar-refractivity contribution in [1.82, 2.24) is 20.0 Å². The molecule has 1 aliphatic rings. The standard InChI is InChI=1S/C19H24N4O/c1-2-22-15-17(14-21-22)13-20-19(24)23(18-10-11-18)12-6-9-16-7-4-3-5-8-16/h3-9,14-15,18H,2,10-13H2,1H3,(H,20,24). The predicted molar refractivity (Wildman–Crippen MR) is 95.3 cm³/mol. The summed E-state index contributed by atoms with van der Waals surface area (Å²) in [6.07, 6.45) is 10.1. The summed E-state index contributed by atoms with van der Waals surface area (Å²) in [5.74, 6) is 0.